The summed E-state index contributed by atoms with van der Waals surface area (Å²) in [5.41, 5.74) is -3.06. The molecule has 0 aliphatic heterocycles. The smallest absolute Gasteiger partial charge is 0.328 e. The number of allylic oxidation sites excluding steroid dienone is 2. The van der Waals surface area contributed by atoms with Crippen molar-refractivity contribution in [1.82, 2.24) is 9.55 Å². The summed E-state index contributed by atoms with van der Waals surface area (Å²) in [5.74, 6) is -1.29. The summed E-state index contributed by atoms with van der Waals surface area (Å²) in [6.45, 7) is 9.83. The quantitative estimate of drug-likeness (QED) is 0.286. The van der Waals surface area contributed by atoms with Crippen molar-refractivity contribution in [3.8, 4) is 0 Å². The number of esters is 2. The number of halogens is 1. The third kappa shape index (κ3) is 7.95. The van der Waals surface area contributed by atoms with Gasteiger partial charge in [-0.05, 0) is 41.5 Å². The van der Waals surface area contributed by atoms with Gasteiger partial charge in [0.2, 0.25) is 0 Å². The number of aromatic amines is 1. The molecule has 1 atom stereocenters. The Kier molecular flexibility index (Phi) is 8.87. The lowest BCUT2D eigenvalue weighted by atomic mass is 9.97. The molecule has 168 valence electrons. The van der Waals surface area contributed by atoms with E-state index >= 15 is 0 Å². The molecule has 0 aliphatic rings. The van der Waals surface area contributed by atoms with E-state index in [2.05, 4.69) is 4.98 Å². The predicted octanol–water partition coefficient (Wildman–Crippen LogP) is 2.77. The SMILES string of the molecule is CC(C)(C)C(=O)OC(OC(=O)C(C)(C)C)[PH](=O)CC=CCn1cc(Cl)c(=O)[nH]c1=O. The van der Waals surface area contributed by atoms with Crippen LogP contribution in [-0.2, 0) is 30.2 Å². The Labute approximate surface area is 180 Å². The van der Waals surface area contributed by atoms with E-state index in [1.165, 1.54) is 18.3 Å². The first kappa shape index (κ1) is 25.9. The van der Waals surface area contributed by atoms with Gasteiger partial charge in [0.05, 0.1) is 10.8 Å². The Balaban J connectivity index is 2.88. The van der Waals surface area contributed by atoms with Crippen molar-refractivity contribution in [2.75, 3.05) is 6.16 Å². The lowest BCUT2D eigenvalue weighted by molar-refractivity contribution is -0.184. The van der Waals surface area contributed by atoms with Gasteiger partial charge in [0.1, 0.15) is 5.02 Å². The van der Waals surface area contributed by atoms with Crippen molar-refractivity contribution in [3.63, 3.8) is 0 Å². The van der Waals surface area contributed by atoms with Crippen molar-refractivity contribution >= 4 is 31.3 Å². The summed E-state index contributed by atoms with van der Waals surface area (Å²) in [5, 5.41) is -0.139. The number of hydrogen-bond acceptors (Lipinski definition) is 7. The van der Waals surface area contributed by atoms with Crippen LogP contribution in [-0.4, -0.2) is 33.7 Å². The Morgan fingerprint density at radius 1 is 1.10 bits per heavy atom. The zero-order valence-corrected chi connectivity index (χ0v) is 19.7. The highest BCUT2D eigenvalue weighted by Crippen LogP contribution is 2.34. The zero-order chi connectivity index (χ0) is 23.3. The standard InChI is InChI=1S/C19H28ClN2O7P/c1-18(2,3)14(24)28-17(29-15(25)19(4,5)6)30(27)10-8-7-9-22-11-12(20)13(23)21-16(22)26/h7-8,11,17,30H,9-10H2,1-6H3,(H,21,23,26). The molecule has 9 nitrogen and oxygen atoms in total. The van der Waals surface area contributed by atoms with Crippen LogP contribution in [0.5, 0.6) is 0 Å². The number of hydrogen-bond donors (Lipinski definition) is 1. The minimum absolute atomic E-state index is 0.0317. The number of nitrogens with one attached hydrogen (secondary N) is 1. The Morgan fingerprint density at radius 3 is 2.07 bits per heavy atom. The first-order valence-electron chi connectivity index (χ1n) is 9.22. The molecule has 0 fully saturated rings. The predicted molar refractivity (Wildman–Crippen MR) is 114 cm³/mol. The van der Waals surface area contributed by atoms with Crippen LogP contribution in [0.4, 0.5) is 0 Å². The fraction of sp³-hybridized carbons (Fsp3) is 0.579. The van der Waals surface area contributed by atoms with E-state index < -0.39 is 47.8 Å². The second kappa shape index (κ2) is 10.3. The van der Waals surface area contributed by atoms with E-state index in [4.69, 9.17) is 21.1 Å². The first-order chi connectivity index (χ1) is 13.6. The van der Waals surface area contributed by atoms with Crippen molar-refractivity contribution in [1.29, 1.82) is 0 Å². The lowest BCUT2D eigenvalue weighted by Crippen LogP contribution is -2.33. The zero-order valence-electron chi connectivity index (χ0n) is 17.9. The average Bonchev–Trinajstić information content (AvgIpc) is 2.60. The van der Waals surface area contributed by atoms with Gasteiger partial charge < -0.3 is 14.0 Å². The molecule has 1 N–H and O–H groups in total. The molecule has 0 saturated heterocycles. The number of aromatic nitrogens is 2. The van der Waals surface area contributed by atoms with Crippen LogP contribution in [0.25, 0.3) is 0 Å². The second-order valence-electron chi connectivity index (χ2n) is 8.67. The highest BCUT2D eigenvalue weighted by Gasteiger charge is 2.34. The molecule has 0 aliphatic carbocycles. The monoisotopic (exact) mass is 462 g/mol. The summed E-state index contributed by atoms with van der Waals surface area (Å²) >= 11 is 5.69. The number of nitrogens with zero attached hydrogens (tertiary/aromatic N) is 1. The fourth-order valence-electron chi connectivity index (χ4n) is 1.81. The summed E-state index contributed by atoms with van der Waals surface area (Å²) in [4.78, 5) is 49.4. The van der Waals surface area contributed by atoms with Crippen LogP contribution in [0.2, 0.25) is 5.02 Å². The van der Waals surface area contributed by atoms with E-state index in [1.54, 1.807) is 41.5 Å². The van der Waals surface area contributed by atoms with Crippen molar-refractivity contribution < 1.29 is 23.6 Å². The fourth-order valence-corrected chi connectivity index (χ4v) is 3.04. The first-order valence-corrected chi connectivity index (χ1v) is 11.3. The van der Waals surface area contributed by atoms with Crippen molar-refractivity contribution in [3.05, 3.63) is 44.2 Å². The lowest BCUT2D eigenvalue weighted by Gasteiger charge is -2.25. The van der Waals surface area contributed by atoms with Crippen molar-refractivity contribution in [2.45, 2.75) is 54.1 Å². The molecule has 0 aromatic carbocycles. The summed E-state index contributed by atoms with van der Waals surface area (Å²) in [6, 6.07) is -1.50. The van der Waals surface area contributed by atoms with Gasteiger partial charge in [-0.2, -0.15) is 0 Å². The van der Waals surface area contributed by atoms with Gasteiger partial charge in [0.15, 0.2) is 7.80 Å². The molecule has 1 aromatic rings. The molecule has 0 radical (unpaired) electrons. The molecule has 1 rings (SSSR count). The van der Waals surface area contributed by atoms with Gasteiger partial charge in [0, 0.05) is 18.9 Å². The third-order valence-corrected chi connectivity index (χ3v) is 5.34. The molecule has 30 heavy (non-hydrogen) atoms. The van der Waals surface area contributed by atoms with Crippen LogP contribution in [0.3, 0.4) is 0 Å². The van der Waals surface area contributed by atoms with Gasteiger partial charge in [-0.1, -0.05) is 23.8 Å². The Morgan fingerprint density at radius 2 is 1.60 bits per heavy atom. The topological polar surface area (TPSA) is 125 Å². The largest absolute Gasteiger partial charge is 0.418 e. The molecule has 0 saturated carbocycles. The van der Waals surface area contributed by atoms with Gasteiger partial charge in [-0.15, -0.1) is 0 Å². The minimum Gasteiger partial charge on any atom is -0.418 e. The van der Waals surface area contributed by atoms with Gasteiger partial charge in [0.25, 0.3) is 11.6 Å². The minimum atomic E-state index is -2.71. The maximum Gasteiger partial charge on any atom is 0.328 e. The van der Waals surface area contributed by atoms with Gasteiger partial charge in [-0.25, -0.2) is 4.79 Å². The highest BCUT2D eigenvalue weighted by molar-refractivity contribution is 7.45. The average molecular weight is 463 g/mol. The van der Waals surface area contributed by atoms with Crippen LogP contribution in [0.15, 0.2) is 27.9 Å². The van der Waals surface area contributed by atoms with Crippen molar-refractivity contribution in [2.24, 2.45) is 10.8 Å². The molecule has 1 unspecified atom stereocenters. The van der Waals surface area contributed by atoms with Crippen LogP contribution in [0.1, 0.15) is 41.5 Å². The molecule has 1 heterocycles. The molecule has 1 aromatic heterocycles. The number of carbonyl (C=O) groups is 2. The summed E-state index contributed by atoms with van der Waals surface area (Å²) in [7, 11) is -2.71. The maximum atomic E-state index is 12.7. The van der Waals surface area contributed by atoms with Gasteiger partial charge >= 0.3 is 17.6 Å². The molecular weight excluding hydrogens is 435 g/mol. The Bertz CT molecular complexity index is 923. The van der Waals surface area contributed by atoms with E-state index in [0.717, 1.165) is 4.57 Å². The third-order valence-electron chi connectivity index (χ3n) is 3.67. The molecule has 0 bridgehead atoms. The van der Waals surface area contributed by atoms with Gasteiger partial charge in [-0.3, -0.25) is 23.9 Å². The molecular formula is C19H28ClN2O7P. The van der Waals surface area contributed by atoms with Crippen LogP contribution < -0.4 is 11.2 Å². The van der Waals surface area contributed by atoms with E-state index in [0.29, 0.717) is 0 Å². The summed E-state index contributed by atoms with van der Waals surface area (Å²) in [6.07, 6.45) is 4.20. The molecule has 0 spiro atoms. The number of H-pyrrole nitrogens is 1. The van der Waals surface area contributed by atoms with Crippen LogP contribution in [0, 0.1) is 10.8 Å². The number of ether oxygens (including phenoxy) is 2. The highest BCUT2D eigenvalue weighted by atomic mass is 35.5. The normalized spacial score (nSPS) is 13.5. The number of rotatable bonds is 7. The summed E-state index contributed by atoms with van der Waals surface area (Å²) < 4.78 is 24.3. The van der Waals surface area contributed by atoms with Crippen LogP contribution >= 0.6 is 19.4 Å². The molecule has 11 heteroatoms. The molecule has 0 amide bonds. The number of carbonyl (C=O) groups excluding carboxylic acids is 2. The Hall–Kier alpha value is -2.12. The van der Waals surface area contributed by atoms with E-state index in [-0.39, 0.29) is 17.7 Å². The maximum absolute atomic E-state index is 12.7. The van der Waals surface area contributed by atoms with E-state index in [9.17, 15) is 23.7 Å². The second-order valence-corrected chi connectivity index (χ2v) is 10.9. The van der Waals surface area contributed by atoms with E-state index in [1.807, 2.05) is 0 Å².